The molecule has 0 amide bonds. The van der Waals surface area contributed by atoms with Crippen LogP contribution in [-0.2, 0) is 0 Å². The maximum Gasteiger partial charge on any atom is 0.137 e. The maximum absolute atomic E-state index is 10.3. The summed E-state index contributed by atoms with van der Waals surface area (Å²) in [7, 11) is 1.65. The van der Waals surface area contributed by atoms with Gasteiger partial charge in [0.25, 0.3) is 0 Å². The number of methoxy groups -OCH3 is 1. The Hall–Kier alpha value is -1.33. The SMILES string of the molecule is COc1ccc(N2CCN(CC(C)(C)C(C)(C)O)CC2)nc1. The highest BCUT2D eigenvalue weighted by atomic mass is 16.5. The van der Waals surface area contributed by atoms with Crippen molar-refractivity contribution in [2.75, 3.05) is 44.7 Å². The molecule has 1 N–H and O–H groups in total. The zero-order chi connectivity index (χ0) is 16.4. The van der Waals surface area contributed by atoms with Crippen molar-refractivity contribution in [2.24, 2.45) is 5.41 Å². The van der Waals surface area contributed by atoms with Crippen molar-refractivity contribution in [3.8, 4) is 5.75 Å². The van der Waals surface area contributed by atoms with Crippen LogP contribution < -0.4 is 9.64 Å². The first-order chi connectivity index (χ1) is 10.2. The van der Waals surface area contributed by atoms with E-state index in [0.717, 1.165) is 44.3 Å². The zero-order valence-corrected chi connectivity index (χ0v) is 14.5. The third-order valence-corrected chi connectivity index (χ3v) is 4.93. The van der Waals surface area contributed by atoms with Crippen LogP contribution in [0.1, 0.15) is 27.7 Å². The number of hydrogen-bond donors (Lipinski definition) is 1. The zero-order valence-electron chi connectivity index (χ0n) is 14.5. The molecule has 124 valence electrons. The summed E-state index contributed by atoms with van der Waals surface area (Å²) >= 11 is 0. The van der Waals surface area contributed by atoms with Crippen LogP contribution in [0, 0.1) is 5.41 Å². The highest BCUT2D eigenvalue weighted by Gasteiger charge is 2.37. The summed E-state index contributed by atoms with van der Waals surface area (Å²) < 4.78 is 5.15. The van der Waals surface area contributed by atoms with E-state index < -0.39 is 5.60 Å². The molecule has 2 heterocycles. The van der Waals surface area contributed by atoms with Gasteiger partial charge in [-0.05, 0) is 26.0 Å². The van der Waals surface area contributed by atoms with Gasteiger partial charge in [-0.2, -0.15) is 0 Å². The van der Waals surface area contributed by atoms with Crippen LogP contribution in [-0.4, -0.2) is 60.4 Å². The lowest BCUT2D eigenvalue weighted by Crippen LogP contribution is -2.53. The largest absolute Gasteiger partial charge is 0.495 e. The molecule has 1 aliphatic heterocycles. The molecule has 5 nitrogen and oxygen atoms in total. The first-order valence-electron chi connectivity index (χ1n) is 7.93. The summed E-state index contributed by atoms with van der Waals surface area (Å²) in [5.74, 6) is 1.79. The van der Waals surface area contributed by atoms with Gasteiger partial charge in [-0.15, -0.1) is 0 Å². The van der Waals surface area contributed by atoms with Gasteiger partial charge in [0, 0.05) is 38.1 Å². The fraction of sp³-hybridized carbons (Fsp3) is 0.706. The fourth-order valence-corrected chi connectivity index (χ4v) is 2.57. The van der Waals surface area contributed by atoms with Crippen molar-refractivity contribution < 1.29 is 9.84 Å². The van der Waals surface area contributed by atoms with Crippen molar-refractivity contribution in [1.82, 2.24) is 9.88 Å². The molecule has 5 heteroatoms. The van der Waals surface area contributed by atoms with Crippen LogP contribution >= 0.6 is 0 Å². The predicted molar refractivity (Wildman–Crippen MR) is 89.5 cm³/mol. The standard InChI is InChI=1S/C17H29N3O2/c1-16(2,17(3,4)21)13-19-8-10-20(11-9-19)15-7-6-14(22-5)12-18-15/h6-7,12,21H,8-11,13H2,1-5H3. The monoisotopic (exact) mass is 307 g/mol. The lowest BCUT2D eigenvalue weighted by Gasteiger charge is -2.44. The van der Waals surface area contributed by atoms with E-state index in [1.54, 1.807) is 13.3 Å². The number of anilines is 1. The Morgan fingerprint density at radius 2 is 1.77 bits per heavy atom. The van der Waals surface area contributed by atoms with E-state index >= 15 is 0 Å². The molecule has 0 atom stereocenters. The third-order valence-electron chi connectivity index (χ3n) is 4.93. The first-order valence-corrected chi connectivity index (χ1v) is 7.93. The predicted octanol–water partition coefficient (Wildman–Crippen LogP) is 2.01. The number of piperazine rings is 1. The van der Waals surface area contributed by atoms with Gasteiger partial charge < -0.3 is 14.7 Å². The smallest absolute Gasteiger partial charge is 0.137 e. The Labute approximate surface area is 133 Å². The third kappa shape index (κ3) is 3.90. The van der Waals surface area contributed by atoms with Gasteiger partial charge in [0.05, 0.1) is 18.9 Å². The molecule has 0 saturated carbocycles. The van der Waals surface area contributed by atoms with E-state index in [1.807, 2.05) is 26.0 Å². The molecule has 0 bridgehead atoms. The second kappa shape index (κ2) is 6.42. The van der Waals surface area contributed by atoms with Gasteiger partial charge in [0.2, 0.25) is 0 Å². The molecule has 1 aliphatic rings. The van der Waals surface area contributed by atoms with Crippen LogP contribution in [0.2, 0.25) is 0 Å². The van der Waals surface area contributed by atoms with E-state index in [4.69, 9.17) is 4.74 Å². The average Bonchev–Trinajstić information content (AvgIpc) is 2.47. The molecule has 1 fully saturated rings. The van der Waals surface area contributed by atoms with E-state index in [0.29, 0.717) is 0 Å². The number of nitrogens with zero attached hydrogens (tertiary/aromatic N) is 3. The molecule has 0 radical (unpaired) electrons. The topological polar surface area (TPSA) is 48.8 Å². The number of ether oxygens (including phenoxy) is 1. The van der Waals surface area contributed by atoms with Crippen LogP contribution in [0.25, 0.3) is 0 Å². The second-order valence-corrected chi connectivity index (χ2v) is 7.26. The number of pyridine rings is 1. The van der Waals surface area contributed by atoms with E-state index in [2.05, 4.69) is 28.6 Å². The molecule has 1 aromatic heterocycles. The van der Waals surface area contributed by atoms with Crippen LogP contribution in [0.5, 0.6) is 5.75 Å². The molecule has 2 rings (SSSR count). The van der Waals surface area contributed by atoms with Crippen LogP contribution in [0.3, 0.4) is 0 Å². The van der Waals surface area contributed by atoms with E-state index in [1.165, 1.54) is 0 Å². The van der Waals surface area contributed by atoms with Crippen molar-refractivity contribution in [3.63, 3.8) is 0 Å². The van der Waals surface area contributed by atoms with E-state index in [-0.39, 0.29) is 5.41 Å². The summed E-state index contributed by atoms with van der Waals surface area (Å²) in [5, 5.41) is 10.3. The second-order valence-electron chi connectivity index (χ2n) is 7.26. The quantitative estimate of drug-likeness (QED) is 0.902. The van der Waals surface area contributed by atoms with Crippen molar-refractivity contribution in [2.45, 2.75) is 33.3 Å². The number of rotatable bonds is 5. The number of aliphatic hydroxyl groups is 1. The molecule has 0 unspecified atom stereocenters. The van der Waals surface area contributed by atoms with Gasteiger partial charge in [-0.1, -0.05) is 13.8 Å². The number of hydrogen-bond acceptors (Lipinski definition) is 5. The molecule has 1 aromatic rings. The first kappa shape index (κ1) is 17.0. The normalized spacial score (nSPS) is 17.6. The molecule has 0 aliphatic carbocycles. The van der Waals surface area contributed by atoms with E-state index in [9.17, 15) is 5.11 Å². The van der Waals surface area contributed by atoms with Gasteiger partial charge in [0.15, 0.2) is 0 Å². The molecule has 22 heavy (non-hydrogen) atoms. The highest BCUT2D eigenvalue weighted by Crippen LogP contribution is 2.31. The van der Waals surface area contributed by atoms with Gasteiger partial charge in [0.1, 0.15) is 11.6 Å². The molecule has 1 saturated heterocycles. The van der Waals surface area contributed by atoms with Crippen LogP contribution in [0.15, 0.2) is 18.3 Å². The molecule has 0 aromatic carbocycles. The van der Waals surface area contributed by atoms with Gasteiger partial charge in [-0.25, -0.2) is 4.98 Å². The Balaban J connectivity index is 1.90. The molecular weight excluding hydrogens is 278 g/mol. The van der Waals surface area contributed by atoms with Crippen LogP contribution in [0.4, 0.5) is 5.82 Å². The van der Waals surface area contributed by atoms with Gasteiger partial charge in [-0.3, -0.25) is 4.90 Å². The maximum atomic E-state index is 10.3. The number of aromatic nitrogens is 1. The average molecular weight is 307 g/mol. The lowest BCUT2D eigenvalue weighted by atomic mass is 9.77. The summed E-state index contributed by atoms with van der Waals surface area (Å²) in [6, 6.07) is 3.96. The molecular formula is C17H29N3O2. The Bertz CT molecular complexity index is 472. The van der Waals surface area contributed by atoms with Crippen molar-refractivity contribution in [3.05, 3.63) is 18.3 Å². The lowest BCUT2D eigenvalue weighted by molar-refractivity contribution is -0.0524. The van der Waals surface area contributed by atoms with Gasteiger partial charge >= 0.3 is 0 Å². The minimum Gasteiger partial charge on any atom is -0.495 e. The summed E-state index contributed by atoms with van der Waals surface area (Å²) in [5.41, 5.74) is -0.810. The minimum absolute atomic E-state index is 0.131. The molecule has 0 spiro atoms. The Kier molecular flexibility index (Phi) is 4.97. The summed E-state index contributed by atoms with van der Waals surface area (Å²) in [6.07, 6.45) is 1.76. The van der Waals surface area contributed by atoms with Crippen molar-refractivity contribution in [1.29, 1.82) is 0 Å². The minimum atomic E-state index is -0.679. The fourth-order valence-electron chi connectivity index (χ4n) is 2.57. The Morgan fingerprint density at radius 3 is 2.23 bits per heavy atom. The summed E-state index contributed by atoms with van der Waals surface area (Å²) in [6.45, 7) is 12.9. The Morgan fingerprint density at radius 1 is 1.14 bits per heavy atom. The summed E-state index contributed by atoms with van der Waals surface area (Å²) in [4.78, 5) is 9.18. The highest BCUT2D eigenvalue weighted by molar-refractivity contribution is 5.41. The van der Waals surface area contributed by atoms with Crippen molar-refractivity contribution >= 4 is 5.82 Å².